The highest BCUT2D eigenvalue weighted by atomic mass is 19.3. The van der Waals surface area contributed by atoms with E-state index in [4.69, 9.17) is 5.73 Å². The van der Waals surface area contributed by atoms with Crippen LogP contribution in [0.5, 0.6) is 0 Å². The highest BCUT2D eigenvalue weighted by molar-refractivity contribution is 5.30. The van der Waals surface area contributed by atoms with Gasteiger partial charge in [0.2, 0.25) is 11.8 Å². The van der Waals surface area contributed by atoms with Gasteiger partial charge in [0, 0.05) is 31.9 Å². The second kappa shape index (κ2) is 8.60. The maximum absolute atomic E-state index is 12.9. The summed E-state index contributed by atoms with van der Waals surface area (Å²) in [6, 6.07) is -0.0553. The molecular weight excluding hydrogens is 408 g/mol. The van der Waals surface area contributed by atoms with E-state index in [1.54, 1.807) is 17.1 Å². The van der Waals surface area contributed by atoms with Gasteiger partial charge >= 0.3 is 5.69 Å². The first-order valence-electron chi connectivity index (χ1n) is 9.78. The van der Waals surface area contributed by atoms with E-state index in [0.29, 0.717) is 31.4 Å². The average Bonchev–Trinajstić information content (AvgIpc) is 3.32. The topological polar surface area (TPSA) is 105 Å². The van der Waals surface area contributed by atoms with Crippen LogP contribution in [0.3, 0.4) is 0 Å². The molecule has 0 saturated heterocycles. The molecule has 2 heterocycles. The van der Waals surface area contributed by atoms with Crippen molar-refractivity contribution in [3.63, 3.8) is 0 Å². The molecule has 0 amide bonds. The van der Waals surface area contributed by atoms with Gasteiger partial charge in [-0.3, -0.25) is 19.5 Å². The normalized spacial score (nSPS) is 21.6. The summed E-state index contributed by atoms with van der Waals surface area (Å²) in [7, 11) is 0. The Kier molecular flexibility index (Phi) is 6.32. The Hall–Kier alpha value is -2.66. The number of nitrogens with two attached hydrogens (primary N) is 1. The Morgan fingerprint density at radius 2 is 1.33 bits per heavy atom. The van der Waals surface area contributed by atoms with Crippen molar-refractivity contribution in [1.29, 1.82) is 0 Å². The monoisotopic (exact) mass is 432 g/mol. The average molecular weight is 432 g/mol. The molecule has 12 heteroatoms. The number of halogens is 4. The summed E-state index contributed by atoms with van der Waals surface area (Å²) in [4.78, 5) is 9.89. The van der Waals surface area contributed by atoms with Gasteiger partial charge in [-0.05, 0) is 25.7 Å². The molecule has 0 unspecified atom stereocenters. The Bertz CT molecular complexity index is 848. The van der Waals surface area contributed by atoms with Gasteiger partial charge in [0.1, 0.15) is 12.4 Å². The van der Waals surface area contributed by atoms with E-state index >= 15 is 0 Å². The van der Waals surface area contributed by atoms with E-state index in [-0.39, 0.29) is 43.5 Å². The van der Waals surface area contributed by atoms with Gasteiger partial charge in [-0.25, -0.2) is 17.6 Å². The van der Waals surface area contributed by atoms with Crippen LogP contribution in [0, 0.1) is 10.1 Å². The van der Waals surface area contributed by atoms with Crippen LogP contribution in [-0.2, 0) is 0 Å². The minimum atomic E-state index is -2.59. The Morgan fingerprint density at radius 3 is 1.70 bits per heavy atom. The molecule has 2 aromatic heterocycles. The lowest BCUT2D eigenvalue weighted by atomic mass is 9.92. The van der Waals surface area contributed by atoms with Gasteiger partial charge < -0.3 is 5.73 Å². The first-order valence-corrected chi connectivity index (χ1v) is 9.78. The minimum Gasteiger partial charge on any atom is -0.396 e. The van der Waals surface area contributed by atoms with Gasteiger partial charge in [-0.2, -0.15) is 10.2 Å². The molecule has 2 aliphatic carbocycles. The lowest BCUT2D eigenvalue weighted by Gasteiger charge is -2.28. The molecule has 2 aliphatic rings. The maximum atomic E-state index is 12.9. The molecule has 0 radical (unpaired) electrons. The van der Waals surface area contributed by atoms with Crippen molar-refractivity contribution in [2.24, 2.45) is 0 Å². The zero-order valence-electron chi connectivity index (χ0n) is 16.3. The molecule has 4 rings (SSSR count). The number of hydrogen-bond donors (Lipinski definition) is 1. The Labute approximate surface area is 170 Å². The summed E-state index contributed by atoms with van der Waals surface area (Å²) < 4.78 is 54.6. The smallest absolute Gasteiger partial charge is 0.307 e. The van der Waals surface area contributed by atoms with Gasteiger partial charge in [0.25, 0.3) is 0 Å². The second-order valence-electron chi connectivity index (χ2n) is 7.86. The van der Waals surface area contributed by atoms with Gasteiger partial charge in [0.15, 0.2) is 0 Å². The maximum Gasteiger partial charge on any atom is 0.307 e. The second-order valence-corrected chi connectivity index (χ2v) is 7.86. The zero-order valence-corrected chi connectivity index (χ0v) is 16.3. The zero-order chi connectivity index (χ0) is 21.9. The van der Waals surface area contributed by atoms with E-state index in [2.05, 4.69) is 10.2 Å². The van der Waals surface area contributed by atoms with E-state index < -0.39 is 16.8 Å². The Morgan fingerprint density at radius 1 is 0.900 bits per heavy atom. The number of anilines is 1. The predicted octanol–water partition coefficient (Wildman–Crippen LogP) is 4.76. The largest absolute Gasteiger partial charge is 0.396 e. The van der Waals surface area contributed by atoms with Gasteiger partial charge in [-0.1, -0.05) is 0 Å². The van der Waals surface area contributed by atoms with E-state index in [9.17, 15) is 27.7 Å². The first kappa shape index (κ1) is 22.0. The molecule has 2 aromatic rings. The highest BCUT2D eigenvalue weighted by Crippen LogP contribution is 2.39. The first-order chi connectivity index (χ1) is 14.0. The summed E-state index contributed by atoms with van der Waals surface area (Å²) in [5.74, 6) is -5.06. The number of alkyl halides is 4. The van der Waals surface area contributed by atoms with Crippen molar-refractivity contribution in [2.75, 3.05) is 5.73 Å². The molecule has 2 fully saturated rings. The van der Waals surface area contributed by atoms with Crippen LogP contribution in [0.1, 0.15) is 63.5 Å². The van der Waals surface area contributed by atoms with Crippen LogP contribution in [0.2, 0.25) is 0 Å². The fourth-order valence-corrected chi connectivity index (χ4v) is 3.75. The van der Waals surface area contributed by atoms with Crippen LogP contribution in [0.15, 0.2) is 24.8 Å². The van der Waals surface area contributed by atoms with Gasteiger partial charge in [0.05, 0.1) is 28.9 Å². The lowest BCUT2D eigenvalue weighted by molar-refractivity contribution is -0.385. The van der Waals surface area contributed by atoms with Crippen LogP contribution < -0.4 is 5.73 Å². The summed E-state index contributed by atoms with van der Waals surface area (Å²) in [5, 5.41) is 18.3. The molecular formula is C18H24F4N6O2. The standard InChI is InChI=1S/C9H11F2N3O2.C9H13F2N3/c10-9(11)3-1-7(2-4-9)13-6-8(5-12-13)14(15)16;10-9(11)3-1-8(2-4-9)14-6-7(12)5-13-14/h5-7H,1-4H2;5-6,8H,1-4,12H2. The molecule has 2 saturated carbocycles. The number of nitro groups is 1. The summed E-state index contributed by atoms with van der Waals surface area (Å²) in [6.07, 6.45) is 6.84. The number of hydrogen-bond acceptors (Lipinski definition) is 5. The summed E-state index contributed by atoms with van der Waals surface area (Å²) in [6.45, 7) is 0. The van der Waals surface area contributed by atoms with Crippen molar-refractivity contribution in [2.45, 2.75) is 75.3 Å². The fourth-order valence-electron chi connectivity index (χ4n) is 3.75. The molecule has 0 spiro atoms. The number of aromatic nitrogens is 4. The van der Waals surface area contributed by atoms with Crippen molar-refractivity contribution >= 4 is 11.4 Å². The molecule has 0 atom stereocenters. The minimum absolute atomic E-state index is 0.0442. The number of nitrogens with zero attached hydrogens (tertiary/aromatic N) is 5. The quantitative estimate of drug-likeness (QED) is 0.428. The third-order valence-corrected chi connectivity index (χ3v) is 5.54. The van der Waals surface area contributed by atoms with Crippen molar-refractivity contribution in [1.82, 2.24) is 19.6 Å². The van der Waals surface area contributed by atoms with E-state index in [1.807, 2.05) is 0 Å². The van der Waals surface area contributed by atoms with Gasteiger partial charge in [-0.15, -0.1) is 0 Å². The van der Waals surface area contributed by atoms with Crippen molar-refractivity contribution < 1.29 is 22.5 Å². The highest BCUT2D eigenvalue weighted by Gasteiger charge is 2.36. The number of nitrogen functional groups attached to an aromatic ring is 1. The molecule has 0 aromatic carbocycles. The third-order valence-electron chi connectivity index (χ3n) is 5.54. The van der Waals surface area contributed by atoms with Crippen LogP contribution >= 0.6 is 0 Å². The summed E-state index contributed by atoms with van der Waals surface area (Å²) >= 11 is 0. The third kappa shape index (κ3) is 5.70. The van der Waals surface area contributed by atoms with E-state index in [1.165, 1.54) is 10.9 Å². The lowest BCUT2D eigenvalue weighted by Crippen LogP contribution is -2.26. The molecule has 0 aliphatic heterocycles. The molecule has 0 bridgehead atoms. The van der Waals surface area contributed by atoms with Crippen LogP contribution in [0.25, 0.3) is 0 Å². The van der Waals surface area contributed by atoms with Crippen LogP contribution in [-0.4, -0.2) is 36.3 Å². The molecule has 2 N–H and O–H groups in total. The van der Waals surface area contributed by atoms with E-state index in [0.717, 1.165) is 6.20 Å². The SMILES string of the molecule is Nc1cnn(C2CCC(F)(F)CC2)c1.O=[N+]([O-])c1cnn(C2CCC(F)(F)CC2)c1. The molecule has 30 heavy (non-hydrogen) atoms. The van der Waals surface area contributed by atoms with Crippen molar-refractivity contribution in [3.05, 3.63) is 34.9 Å². The van der Waals surface area contributed by atoms with Crippen molar-refractivity contribution in [3.8, 4) is 0 Å². The summed E-state index contributed by atoms with van der Waals surface area (Å²) in [5.41, 5.74) is 5.99. The molecule has 166 valence electrons. The molecule has 8 nitrogen and oxygen atoms in total. The fraction of sp³-hybridized carbons (Fsp3) is 0.667. The van der Waals surface area contributed by atoms with Crippen LogP contribution in [0.4, 0.5) is 28.9 Å². The number of rotatable bonds is 3. The predicted molar refractivity (Wildman–Crippen MR) is 100 cm³/mol. The Balaban J connectivity index is 0.000000172.